The van der Waals surface area contributed by atoms with E-state index >= 15 is 0 Å². The Morgan fingerprint density at radius 1 is 1.20 bits per heavy atom. The second kappa shape index (κ2) is 8.41. The predicted molar refractivity (Wildman–Crippen MR) is 103 cm³/mol. The van der Waals surface area contributed by atoms with Crippen molar-refractivity contribution in [3.63, 3.8) is 0 Å². The number of hydrogen-bond acceptors (Lipinski definition) is 4. The molecule has 0 radical (unpaired) electrons. The van der Waals surface area contributed by atoms with Gasteiger partial charge in [0.15, 0.2) is 0 Å². The number of rotatable bonds is 6. The van der Waals surface area contributed by atoms with Crippen molar-refractivity contribution >= 4 is 0 Å². The lowest BCUT2D eigenvalue weighted by molar-refractivity contribution is 0.0424. The lowest BCUT2D eigenvalue weighted by Gasteiger charge is -2.36. The van der Waals surface area contributed by atoms with Gasteiger partial charge in [-0.1, -0.05) is 34.6 Å². The summed E-state index contributed by atoms with van der Waals surface area (Å²) < 4.78 is 11.3. The Bertz CT molecular complexity index is 543. The molecular weight excluding hydrogens is 314 g/mol. The molecule has 1 heterocycles. The second-order valence-corrected chi connectivity index (χ2v) is 8.74. The van der Waals surface area contributed by atoms with Crippen LogP contribution in [0.1, 0.15) is 46.6 Å². The average Bonchev–Trinajstić information content (AvgIpc) is 2.50. The first-order valence-corrected chi connectivity index (χ1v) is 9.40. The van der Waals surface area contributed by atoms with Gasteiger partial charge in [0.25, 0.3) is 0 Å². The molecule has 1 aliphatic rings. The largest absolute Gasteiger partial charge is 0.497 e. The molecule has 1 aromatic rings. The zero-order valence-electron chi connectivity index (χ0n) is 16.7. The number of aliphatic hydroxyl groups is 1. The number of nitrogens with zero attached hydrogens (tertiary/aromatic N) is 1. The van der Waals surface area contributed by atoms with Crippen LogP contribution < -0.4 is 9.47 Å². The van der Waals surface area contributed by atoms with Gasteiger partial charge in [-0.15, -0.1) is 0 Å². The number of likely N-dealkylation sites (tertiary alicyclic amines) is 1. The van der Waals surface area contributed by atoms with Crippen molar-refractivity contribution in [1.29, 1.82) is 0 Å². The molecule has 0 spiro atoms. The summed E-state index contributed by atoms with van der Waals surface area (Å²) in [4.78, 5) is 2.37. The van der Waals surface area contributed by atoms with Gasteiger partial charge in [0, 0.05) is 25.2 Å². The minimum atomic E-state index is -0.479. The summed E-state index contributed by atoms with van der Waals surface area (Å²) in [6, 6.07) is 5.87. The second-order valence-electron chi connectivity index (χ2n) is 8.74. The van der Waals surface area contributed by atoms with Gasteiger partial charge in [-0.05, 0) is 41.9 Å². The maximum absolute atomic E-state index is 10.4. The summed E-state index contributed by atoms with van der Waals surface area (Å²) in [5, 5.41) is 10.4. The molecule has 1 aromatic carbocycles. The van der Waals surface area contributed by atoms with Crippen LogP contribution in [0.2, 0.25) is 0 Å². The molecule has 25 heavy (non-hydrogen) atoms. The monoisotopic (exact) mass is 349 g/mol. The zero-order chi connectivity index (χ0) is 18.6. The SMILES string of the molecule is COc1ccc(OC[C@@H](O)CN2C[C@H](C)C[C@@H](C)C2)c(C(C)(C)C)c1. The third-order valence-electron chi connectivity index (χ3n) is 4.84. The molecule has 1 N–H and O–H groups in total. The van der Waals surface area contributed by atoms with Gasteiger partial charge < -0.3 is 19.5 Å². The zero-order valence-corrected chi connectivity index (χ0v) is 16.7. The predicted octanol–water partition coefficient (Wildman–Crippen LogP) is 3.71. The lowest BCUT2D eigenvalue weighted by atomic mass is 9.86. The van der Waals surface area contributed by atoms with Gasteiger partial charge in [0.2, 0.25) is 0 Å². The summed E-state index contributed by atoms with van der Waals surface area (Å²) >= 11 is 0. The number of aliphatic hydroxyl groups excluding tert-OH is 1. The highest BCUT2D eigenvalue weighted by Crippen LogP contribution is 2.34. The highest BCUT2D eigenvalue weighted by atomic mass is 16.5. The summed E-state index contributed by atoms with van der Waals surface area (Å²) in [6.45, 7) is 14.2. The highest BCUT2D eigenvalue weighted by Gasteiger charge is 2.24. The van der Waals surface area contributed by atoms with E-state index < -0.39 is 6.10 Å². The van der Waals surface area contributed by atoms with E-state index in [4.69, 9.17) is 9.47 Å². The minimum absolute atomic E-state index is 0.0490. The Balaban J connectivity index is 1.96. The lowest BCUT2D eigenvalue weighted by Crippen LogP contribution is -2.44. The summed E-state index contributed by atoms with van der Waals surface area (Å²) in [6.07, 6.45) is 0.802. The van der Waals surface area contributed by atoms with Crippen molar-refractivity contribution in [3.8, 4) is 11.5 Å². The summed E-state index contributed by atoms with van der Waals surface area (Å²) in [5.41, 5.74) is 1.05. The standard InChI is InChI=1S/C21H35NO3/c1-15-9-16(2)12-22(11-15)13-17(23)14-25-20-8-7-18(24-6)10-19(20)21(3,4)5/h7-8,10,15-17,23H,9,11-14H2,1-6H3/t15-,16-,17+/m1/s1. The van der Waals surface area contributed by atoms with E-state index in [2.05, 4.69) is 39.5 Å². The van der Waals surface area contributed by atoms with Crippen molar-refractivity contribution in [2.75, 3.05) is 33.4 Å². The van der Waals surface area contributed by atoms with Crippen LogP contribution in [-0.2, 0) is 5.41 Å². The van der Waals surface area contributed by atoms with Gasteiger partial charge in [0.1, 0.15) is 24.2 Å². The number of β-amino-alcohol motifs (C(OH)–C–C–N with tert-alkyl or cyclic N) is 1. The molecule has 1 aliphatic heterocycles. The van der Waals surface area contributed by atoms with Gasteiger partial charge >= 0.3 is 0 Å². The highest BCUT2D eigenvalue weighted by molar-refractivity contribution is 5.44. The average molecular weight is 350 g/mol. The van der Waals surface area contributed by atoms with Crippen LogP contribution >= 0.6 is 0 Å². The number of ether oxygens (including phenoxy) is 2. The van der Waals surface area contributed by atoms with E-state index in [1.807, 2.05) is 18.2 Å². The molecule has 4 heteroatoms. The Hall–Kier alpha value is -1.26. The molecule has 0 bridgehead atoms. The van der Waals surface area contributed by atoms with Crippen LogP contribution in [0.25, 0.3) is 0 Å². The minimum Gasteiger partial charge on any atom is -0.497 e. The molecular formula is C21H35NO3. The third-order valence-corrected chi connectivity index (χ3v) is 4.84. The maximum atomic E-state index is 10.4. The molecule has 0 aliphatic carbocycles. The van der Waals surface area contributed by atoms with E-state index in [0.29, 0.717) is 25.0 Å². The van der Waals surface area contributed by atoms with Gasteiger partial charge in [-0.25, -0.2) is 0 Å². The van der Waals surface area contributed by atoms with Crippen LogP contribution in [0.3, 0.4) is 0 Å². The number of hydrogen-bond donors (Lipinski definition) is 1. The molecule has 3 atom stereocenters. The van der Waals surface area contributed by atoms with Crippen molar-refractivity contribution in [2.45, 2.75) is 52.6 Å². The van der Waals surface area contributed by atoms with Crippen LogP contribution in [0.4, 0.5) is 0 Å². The third kappa shape index (κ3) is 5.89. The van der Waals surface area contributed by atoms with Crippen molar-refractivity contribution in [3.05, 3.63) is 23.8 Å². The van der Waals surface area contributed by atoms with E-state index in [1.54, 1.807) is 7.11 Å². The molecule has 0 saturated carbocycles. The summed E-state index contributed by atoms with van der Waals surface area (Å²) in [5.74, 6) is 3.05. The van der Waals surface area contributed by atoms with Crippen molar-refractivity contribution < 1.29 is 14.6 Å². The topological polar surface area (TPSA) is 41.9 Å². The van der Waals surface area contributed by atoms with Gasteiger partial charge in [0.05, 0.1) is 7.11 Å². The molecule has 4 nitrogen and oxygen atoms in total. The Kier molecular flexibility index (Phi) is 6.75. The van der Waals surface area contributed by atoms with Crippen LogP contribution in [-0.4, -0.2) is 49.5 Å². The smallest absolute Gasteiger partial charge is 0.123 e. The molecule has 0 aromatic heterocycles. The Labute approximate surface area is 153 Å². The Morgan fingerprint density at radius 2 is 1.84 bits per heavy atom. The number of piperidine rings is 1. The number of benzene rings is 1. The van der Waals surface area contributed by atoms with E-state index in [1.165, 1.54) is 6.42 Å². The van der Waals surface area contributed by atoms with Crippen molar-refractivity contribution in [2.24, 2.45) is 11.8 Å². The van der Waals surface area contributed by atoms with Crippen LogP contribution in [0.5, 0.6) is 11.5 Å². The van der Waals surface area contributed by atoms with E-state index in [0.717, 1.165) is 30.2 Å². The van der Waals surface area contributed by atoms with Gasteiger partial charge in [-0.2, -0.15) is 0 Å². The molecule has 1 saturated heterocycles. The quantitative estimate of drug-likeness (QED) is 0.850. The molecule has 142 valence electrons. The van der Waals surface area contributed by atoms with E-state index in [9.17, 15) is 5.11 Å². The number of methoxy groups -OCH3 is 1. The fourth-order valence-electron chi connectivity index (χ4n) is 3.83. The molecule has 0 amide bonds. The first kappa shape index (κ1) is 20.1. The van der Waals surface area contributed by atoms with E-state index in [-0.39, 0.29) is 5.41 Å². The molecule has 2 rings (SSSR count). The van der Waals surface area contributed by atoms with Gasteiger partial charge in [-0.3, -0.25) is 0 Å². The molecule has 1 fully saturated rings. The Morgan fingerprint density at radius 3 is 2.40 bits per heavy atom. The van der Waals surface area contributed by atoms with Crippen molar-refractivity contribution in [1.82, 2.24) is 4.90 Å². The normalized spacial score (nSPS) is 23.3. The first-order valence-electron chi connectivity index (χ1n) is 9.40. The van der Waals surface area contributed by atoms with Crippen LogP contribution in [0, 0.1) is 11.8 Å². The molecule has 0 unspecified atom stereocenters. The van der Waals surface area contributed by atoms with Crippen LogP contribution in [0.15, 0.2) is 18.2 Å². The fraction of sp³-hybridized carbons (Fsp3) is 0.714. The first-order chi connectivity index (χ1) is 11.7. The summed E-state index contributed by atoms with van der Waals surface area (Å²) in [7, 11) is 1.67. The maximum Gasteiger partial charge on any atom is 0.123 e. The fourth-order valence-corrected chi connectivity index (χ4v) is 3.83.